The summed E-state index contributed by atoms with van der Waals surface area (Å²) in [6.45, 7) is 0. The molecule has 1 aliphatic carbocycles. The van der Waals surface area contributed by atoms with Gasteiger partial charge in [-0.25, -0.2) is 0 Å². The van der Waals surface area contributed by atoms with E-state index >= 15 is 0 Å². The average molecular weight is 587 g/mol. The van der Waals surface area contributed by atoms with E-state index < -0.39 is 5.41 Å². The Hall–Kier alpha value is -6.14. The lowest BCUT2D eigenvalue weighted by atomic mass is 9.67. The van der Waals surface area contributed by atoms with Crippen molar-refractivity contribution in [3.05, 3.63) is 179 Å². The third kappa shape index (κ3) is 4.88. The second-order valence-corrected chi connectivity index (χ2v) is 11.1. The topological polar surface area (TPSA) is 110 Å². The molecule has 0 unspecified atom stereocenters. The monoisotopic (exact) mass is 586 g/mol. The predicted molar refractivity (Wildman–Crippen MR) is 181 cm³/mol. The summed E-state index contributed by atoms with van der Waals surface area (Å²) in [5.41, 5.74) is 21.4. The zero-order valence-electron chi connectivity index (χ0n) is 24.3. The molecule has 6 nitrogen and oxygen atoms in total. The van der Waals surface area contributed by atoms with Crippen molar-refractivity contribution in [2.45, 2.75) is 5.41 Å². The number of nitrogen functional groups attached to an aromatic ring is 2. The summed E-state index contributed by atoms with van der Waals surface area (Å²) < 4.78 is 0. The maximum atomic E-state index is 12.9. The second-order valence-electron chi connectivity index (χ2n) is 11.1. The van der Waals surface area contributed by atoms with E-state index in [1.165, 1.54) is 22.3 Å². The normalized spacial score (nSPS) is 12.5. The zero-order valence-corrected chi connectivity index (χ0v) is 24.3. The average Bonchev–Trinajstić information content (AvgIpc) is 3.37. The number of carbonyl (C=O) groups is 2. The van der Waals surface area contributed by atoms with Gasteiger partial charge >= 0.3 is 0 Å². The van der Waals surface area contributed by atoms with Gasteiger partial charge in [-0.2, -0.15) is 0 Å². The van der Waals surface area contributed by atoms with Crippen LogP contribution in [0.2, 0.25) is 0 Å². The van der Waals surface area contributed by atoms with Crippen LogP contribution in [0.1, 0.15) is 43.0 Å². The standard InChI is InChI=1S/C39H30N4O2/c40-29-17-9-25(10-18-29)37(44)42-31-21-13-27(14-22-31)39(35-7-3-1-5-33(35)34-6-2-4-8-36(34)39)28-15-23-32(24-16-28)43-38(45)26-11-19-30(41)20-12-26/h1-24H,40-41H2,(H,42,44)(H,43,45). The number of amides is 2. The van der Waals surface area contributed by atoms with Crippen LogP contribution in [0.15, 0.2) is 146 Å². The van der Waals surface area contributed by atoms with E-state index in [9.17, 15) is 9.59 Å². The Morgan fingerprint density at radius 1 is 0.444 bits per heavy atom. The van der Waals surface area contributed by atoms with Gasteiger partial charge in [-0.15, -0.1) is 0 Å². The van der Waals surface area contributed by atoms with E-state index in [0.29, 0.717) is 33.9 Å². The second kappa shape index (κ2) is 11.2. The molecule has 45 heavy (non-hydrogen) atoms. The minimum Gasteiger partial charge on any atom is -0.399 e. The molecule has 0 atom stereocenters. The molecule has 0 aliphatic heterocycles. The molecule has 6 aromatic carbocycles. The number of carbonyl (C=O) groups excluding carboxylic acids is 2. The number of nitrogens with one attached hydrogen (secondary N) is 2. The van der Waals surface area contributed by atoms with Crippen LogP contribution in [-0.2, 0) is 5.41 Å². The molecule has 6 N–H and O–H groups in total. The van der Waals surface area contributed by atoms with Crippen molar-refractivity contribution < 1.29 is 9.59 Å². The molecule has 0 saturated carbocycles. The van der Waals surface area contributed by atoms with Crippen molar-refractivity contribution in [2.24, 2.45) is 0 Å². The molecule has 0 heterocycles. The maximum absolute atomic E-state index is 12.9. The lowest BCUT2D eigenvalue weighted by molar-refractivity contribution is 0.101. The molecule has 0 saturated heterocycles. The van der Waals surface area contributed by atoms with Gasteiger partial charge < -0.3 is 22.1 Å². The minimum absolute atomic E-state index is 0.203. The molecule has 0 spiro atoms. The molecule has 0 fully saturated rings. The van der Waals surface area contributed by atoms with Crippen LogP contribution in [-0.4, -0.2) is 11.8 Å². The van der Waals surface area contributed by atoms with Crippen molar-refractivity contribution in [3.8, 4) is 11.1 Å². The SMILES string of the molecule is Nc1ccc(C(=O)Nc2ccc(C3(c4ccc(NC(=O)c5ccc(N)cc5)cc4)c4ccccc4-c4ccccc43)cc2)cc1. The van der Waals surface area contributed by atoms with Gasteiger partial charge in [0.05, 0.1) is 5.41 Å². The fourth-order valence-corrected chi connectivity index (χ4v) is 6.31. The highest BCUT2D eigenvalue weighted by molar-refractivity contribution is 6.05. The van der Waals surface area contributed by atoms with Crippen LogP contribution >= 0.6 is 0 Å². The van der Waals surface area contributed by atoms with Crippen LogP contribution < -0.4 is 22.1 Å². The Labute approximate surface area is 261 Å². The van der Waals surface area contributed by atoms with E-state index in [1.807, 2.05) is 24.3 Å². The van der Waals surface area contributed by atoms with E-state index in [2.05, 4.69) is 83.4 Å². The molecule has 2 amide bonds. The number of rotatable bonds is 6. The van der Waals surface area contributed by atoms with Gasteiger partial charge in [-0.3, -0.25) is 9.59 Å². The van der Waals surface area contributed by atoms with Crippen LogP contribution in [0, 0.1) is 0 Å². The molecule has 0 bridgehead atoms. The Kier molecular flexibility index (Phi) is 6.87. The summed E-state index contributed by atoms with van der Waals surface area (Å²) in [6, 6.07) is 46.7. The van der Waals surface area contributed by atoms with Gasteiger partial charge in [-0.05, 0) is 106 Å². The first-order valence-corrected chi connectivity index (χ1v) is 14.7. The van der Waals surface area contributed by atoms with Crippen LogP contribution in [0.4, 0.5) is 22.7 Å². The lowest BCUT2D eigenvalue weighted by Crippen LogP contribution is -2.28. The predicted octanol–water partition coefficient (Wildman–Crippen LogP) is 7.72. The third-order valence-corrected chi connectivity index (χ3v) is 8.45. The Morgan fingerprint density at radius 3 is 1.18 bits per heavy atom. The highest BCUT2D eigenvalue weighted by atomic mass is 16.2. The summed E-state index contributed by atoms with van der Waals surface area (Å²) in [7, 11) is 0. The van der Waals surface area contributed by atoms with Gasteiger partial charge in [-0.1, -0.05) is 72.8 Å². The van der Waals surface area contributed by atoms with Crippen molar-refractivity contribution in [2.75, 3.05) is 22.1 Å². The van der Waals surface area contributed by atoms with Crippen LogP contribution in [0.25, 0.3) is 11.1 Å². The van der Waals surface area contributed by atoms with Gasteiger partial charge in [0, 0.05) is 33.9 Å². The number of fused-ring (bicyclic) bond motifs is 3. The molecule has 218 valence electrons. The van der Waals surface area contributed by atoms with Crippen molar-refractivity contribution >= 4 is 34.6 Å². The zero-order chi connectivity index (χ0) is 31.0. The van der Waals surface area contributed by atoms with Crippen molar-refractivity contribution in [1.29, 1.82) is 0 Å². The van der Waals surface area contributed by atoms with Gasteiger partial charge in [0.25, 0.3) is 11.8 Å². The molecular weight excluding hydrogens is 556 g/mol. The Morgan fingerprint density at radius 2 is 0.800 bits per heavy atom. The quantitative estimate of drug-likeness (QED) is 0.150. The van der Waals surface area contributed by atoms with Gasteiger partial charge in [0.15, 0.2) is 0 Å². The molecule has 0 radical (unpaired) electrons. The minimum atomic E-state index is -0.619. The van der Waals surface area contributed by atoms with Crippen molar-refractivity contribution in [1.82, 2.24) is 0 Å². The molecule has 6 heteroatoms. The third-order valence-electron chi connectivity index (χ3n) is 8.45. The number of hydrogen-bond donors (Lipinski definition) is 4. The first kappa shape index (κ1) is 27.7. The summed E-state index contributed by atoms with van der Waals surface area (Å²) >= 11 is 0. The largest absolute Gasteiger partial charge is 0.399 e. The van der Waals surface area contributed by atoms with Crippen LogP contribution in [0.3, 0.4) is 0 Å². The number of nitrogens with two attached hydrogens (primary N) is 2. The van der Waals surface area contributed by atoms with E-state index in [-0.39, 0.29) is 11.8 Å². The first-order chi connectivity index (χ1) is 21.9. The lowest BCUT2D eigenvalue weighted by Gasteiger charge is -2.34. The summed E-state index contributed by atoms with van der Waals surface area (Å²) in [6.07, 6.45) is 0. The number of anilines is 4. The molecule has 1 aliphatic rings. The molecule has 0 aromatic heterocycles. The Balaban J connectivity index is 1.28. The summed E-state index contributed by atoms with van der Waals surface area (Å²) in [5.74, 6) is -0.406. The summed E-state index contributed by atoms with van der Waals surface area (Å²) in [5, 5.41) is 6.00. The fourth-order valence-electron chi connectivity index (χ4n) is 6.31. The Bertz CT molecular complexity index is 1880. The molecule has 7 rings (SSSR count). The van der Waals surface area contributed by atoms with Gasteiger partial charge in [0.2, 0.25) is 0 Å². The highest BCUT2D eigenvalue weighted by Crippen LogP contribution is 2.56. The smallest absolute Gasteiger partial charge is 0.255 e. The first-order valence-electron chi connectivity index (χ1n) is 14.7. The molecular formula is C39H30N4O2. The van der Waals surface area contributed by atoms with E-state index in [4.69, 9.17) is 11.5 Å². The van der Waals surface area contributed by atoms with E-state index in [0.717, 1.165) is 11.1 Å². The maximum Gasteiger partial charge on any atom is 0.255 e. The summed E-state index contributed by atoms with van der Waals surface area (Å²) in [4.78, 5) is 25.8. The highest BCUT2D eigenvalue weighted by Gasteiger charge is 2.45. The molecule has 6 aromatic rings. The van der Waals surface area contributed by atoms with Crippen LogP contribution in [0.5, 0.6) is 0 Å². The number of benzene rings is 6. The fraction of sp³-hybridized carbons (Fsp3) is 0.0256. The van der Waals surface area contributed by atoms with E-state index in [1.54, 1.807) is 48.5 Å². The van der Waals surface area contributed by atoms with Gasteiger partial charge in [0.1, 0.15) is 0 Å². The van der Waals surface area contributed by atoms with Crippen molar-refractivity contribution in [3.63, 3.8) is 0 Å². The number of hydrogen-bond acceptors (Lipinski definition) is 4.